The summed E-state index contributed by atoms with van der Waals surface area (Å²) < 4.78 is 11.0. The zero-order valence-corrected chi connectivity index (χ0v) is 21.6. The molecule has 1 aromatic heterocycles. The highest BCUT2D eigenvalue weighted by Crippen LogP contribution is 2.28. The molecule has 0 atom stereocenters. The number of rotatable bonds is 11. The summed E-state index contributed by atoms with van der Waals surface area (Å²) in [6.07, 6.45) is 1.93. The van der Waals surface area contributed by atoms with Gasteiger partial charge in [-0.3, -0.25) is 0 Å². The summed E-state index contributed by atoms with van der Waals surface area (Å²) in [5, 5.41) is 6.70. The van der Waals surface area contributed by atoms with Crippen LogP contribution in [0.3, 0.4) is 0 Å². The maximum Gasteiger partial charge on any atom is 0.191 e. The molecule has 31 heavy (non-hydrogen) atoms. The van der Waals surface area contributed by atoms with Gasteiger partial charge in [-0.05, 0) is 56.5 Å². The molecule has 7 nitrogen and oxygen atoms in total. The number of aromatic nitrogens is 1. The van der Waals surface area contributed by atoms with Crippen LogP contribution in [0, 0.1) is 0 Å². The summed E-state index contributed by atoms with van der Waals surface area (Å²) in [6.45, 7) is 6.84. The van der Waals surface area contributed by atoms with E-state index in [0.29, 0.717) is 13.2 Å². The number of nitrogens with zero attached hydrogens (tertiary/aromatic N) is 3. The van der Waals surface area contributed by atoms with Gasteiger partial charge in [-0.15, -0.1) is 24.0 Å². The molecule has 0 saturated heterocycles. The summed E-state index contributed by atoms with van der Waals surface area (Å²) in [6, 6.07) is 12.1. The predicted molar refractivity (Wildman–Crippen MR) is 139 cm³/mol. The first kappa shape index (κ1) is 26.8. The predicted octanol–water partition coefficient (Wildman–Crippen LogP) is 3.86. The lowest BCUT2D eigenvalue weighted by Crippen LogP contribution is -2.37. The third kappa shape index (κ3) is 9.20. The Labute approximate surface area is 203 Å². The number of benzene rings is 1. The van der Waals surface area contributed by atoms with Gasteiger partial charge in [0.1, 0.15) is 5.82 Å². The molecule has 0 unspecified atom stereocenters. The largest absolute Gasteiger partial charge is 0.493 e. The summed E-state index contributed by atoms with van der Waals surface area (Å²) in [7, 11) is 5.64. The van der Waals surface area contributed by atoms with Crippen LogP contribution >= 0.6 is 24.0 Å². The third-order valence-electron chi connectivity index (χ3n) is 4.46. The number of pyridine rings is 1. The van der Waals surface area contributed by atoms with Crippen LogP contribution in [-0.4, -0.2) is 51.8 Å². The molecule has 0 aliphatic heterocycles. The van der Waals surface area contributed by atoms with E-state index in [9.17, 15) is 0 Å². The average Bonchev–Trinajstić information content (AvgIpc) is 2.75. The molecule has 0 radical (unpaired) electrons. The molecule has 2 N–H and O–H groups in total. The number of methoxy groups -OCH3 is 1. The number of hydrogen-bond acceptors (Lipinski definition) is 5. The molecular weight excluding hydrogens is 505 g/mol. The lowest BCUT2D eigenvalue weighted by atomic mass is 10.1. The van der Waals surface area contributed by atoms with Crippen LogP contribution < -0.4 is 25.0 Å². The van der Waals surface area contributed by atoms with E-state index in [0.717, 1.165) is 54.9 Å². The van der Waals surface area contributed by atoms with E-state index in [1.807, 2.05) is 50.2 Å². The minimum absolute atomic E-state index is 0. The first-order valence-electron chi connectivity index (χ1n) is 10.5. The highest BCUT2D eigenvalue weighted by atomic mass is 127. The van der Waals surface area contributed by atoms with E-state index in [1.165, 1.54) is 5.56 Å². The number of anilines is 1. The van der Waals surface area contributed by atoms with Crippen molar-refractivity contribution in [2.75, 3.05) is 45.8 Å². The van der Waals surface area contributed by atoms with Crippen molar-refractivity contribution in [2.24, 2.45) is 4.99 Å². The molecule has 0 aliphatic rings. The fraction of sp³-hybridized carbons (Fsp3) is 0.478. The van der Waals surface area contributed by atoms with E-state index >= 15 is 0 Å². The summed E-state index contributed by atoms with van der Waals surface area (Å²) in [5.74, 6) is 3.31. The van der Waals surface area contributed by atoms with Gasteiger partial charge in [0, 0.05) is 27.2 Å². The van der Waals surface area contributed by atoms with Crippen molar-refractivity contribution >= 4 is 35.8 Å². The number of hydrogen-bond donors (Lipinski definition) is 2. The van der Waals surface area contributed by atoms with Gasteiger partial charge in [0.2, 0.25) is 0 Å². The van der Waals surface area contributed by atoms with Crippen LogP contribution in [0.15, 0.2) is 41.4 Å². The number of nitrogens with one attached hydrogen (secondary N) is 2. The van der Waals surface area contributed by atoms with Crippen molar-refractivity contribution in [1.29, 1.82) is 0 Å². The van der Waals surface area contributed by atoms with Gasteiger partial charge in [0.25, 0.3) is 0 Å². The van der Waals surface area contributed by atoms with E-state index in [4.69, 9.17) is 9.47 Å². The zero-order chi connectivity index (χ0) is 21.8. The molecule has 0 fully saturated rings. The summed E-state index contributed by atoms with van der Waals surface area (Å²) in [4.78, 5) is 11.3. The topological polar surface area (TPSA) is 71.0 Å². The first-order chi connectivity index (χ1) is 14.6. The number of halogens is 1. The Hall–Kier alpha value is -2.23. The van der Waals surface area contributed by atoms with Crippen molar-refractivity contribution in [1.82, 2.24) is 15.6 Å². The fourth-order valence-electron chi connectivity index (χ4n) is 2.95. The maximum atomic E-state index is 5.66. The van der Waals surface area contributed by atoms with Gasteiger partial charge >= 0.3 is 0 Å². The van der Waals surface area contributed by atoms with Crippen molar-refractivity contribution in [3.05, 3.63) is 47.7 Å². The number of aryl methyl sites for hydroxylation is 1. The third-order valence-corrected chi connectivity index (χ3v) is 4.46. The van der Waals surface area contributed by atoms with E-state index in [-0.39, 0.29) is 24.0 Å². The smallest absolute Gasteiger partial charge is 0.191 e. The molecule has 0 bridgehead atoms. The number of guanidine groups is 1. The monoisotopic (exact) mass is 541 g/mol. The van der Waals surface area contributed by atoms with Crippen LogP contribution in [0.4, 0.5) is 5.82 Å². The normalized spacial score (nSPS) is 10.8. The molecule has 1 aromatic carbocycles. The first-order valence-corrected chi connectivity index (χ1v) is 10.5. The average molecular weight is 541 g/mol. The second-order valence-electron chi connectivity index (χ2n) is 7.03. The quantitative estimate of drug-likeness (QED) is 0.195. The number of aliphatic imine (C=N–C) groups is 1. The Bertz CT molecular complexity index is 814. The second-order valence-corrected chi connectivity index (χ2v) is 7.03. The van der Waals surface area contributed by atoms with Gasteiger partial charge in [0.15, 0.2) is 17.5 Å². The lowest BCUT2D eigenvalue weighted by Gasteiger charge is -2.13. The zero-order valence-electron chi connectivity index (χ0n) is 19.3. The minimum atomic E-state index is 0. The Balaban J connectivity index is 0.00000480. The second kappa shape index (κ2) is 14.7. The van der Waals surface area contributed by atoms with Crippen LogP contribution in [0.25, 0.3) is 0 Å². The van der Waals surface area contributed by atoms with Crippen LogP contribution in [0.2, 0.25) is 0 Å². The molecule has 2 aromatic rings. The van der Waals surface area contributed by atoms with E-state index < -0.39 is 0 Å². The van der Waals surface area contributed by atoms with Crippen molar-refractivity contribution in [3.63, 3.8) is 0 Å². The maximum absolute atomic E-state index is 5.66. The molecule has 0 amide bonds. The van der Waals surface area contributed by atoms with Gasteiger partial charge in [-0.1, -0.05) is 12.1 Å². The molecular formula is C23H36IN5O2. The molecule has 0 spiro atoms. The van der Waals surface area contributed by atoms with E-state index in [1.54, 1.807) is 7.11 Å². The molecule has 0 aliphatic carbocycles. The van der Waals surface area contributed by atoms with Crippen LogP contribution in [0.1, 0.15) is 31.5 Å². The standard InChI is InChI=1S/C23H35N5O2.HI/c1-6-24-23(26-17-19-11-8-12-22(27-19)28(3)4)25-15-9-10-18-13-14-20(29-5)21(16-18)30-7-2;/h8,11-14,16H,6-7,9-10,15,17H2,1-5H3,(H2,24,25,26);1H. The van der Waals surface area contributed by atoms with Crippen LogP contribution in [-0.2, 0) is 13.0 Å². The van der Waals surface area contributed by atoms with Crippen molar-refractivity contribution in [2.45, 2.75) is 33.2 Å². The SMILES string of the molecule is CCNC(=NCc1cccc(N(C)C)n1)NCCCc1ccc(OC)c(OCC)c1.I. The fourth-order valence-corrected chi connectivity index (χ4v) is 2.95. The summed E-state index contributed by atoms with van der Waals surface area (Å²) in [5.41, 5.74) is 2.17. The molecule has 8 heteroatoms. The Kier molecular flexibility index (Phi) is 12.7. The molecule has 2 rings (SSSR count). The van der Waals surface area contributed by atoms with Gasteiger partial charge in [-0.2, -0.15) is 0 Å². The Morgan fingerprint density at radius 2 is 1.90 bits per heavy atom. The van der Waals surface area contributed by atoms with Gasteiger partial charge in [0.05, 0.1) is 26.0 Å². The Morgan fingerprint density at radius 3 is 2.58 bits per heavy atom. The van der Waals surface area contributed by atoms with E-state index in [2.05, 4.69) is 39.7 Å². The molecule has 1 heterocycles. The Morgan fingerprint density at radius 1 is 1.10 bits per heavy atom. The minimum Gasteiger partial charge on any atom is -0.493 e. The number of ether oxygens (including phenoxy) is 2. The van der Waals surface area contributed by atoms with Crippen molar-refractivity contribution < 1.29 is 9.47 Å². The highest BCUT2D eigenvalue weighted by molar-refractivity contribution is 14.0. The molecule has 0 saturated carbocycles. The lowest BCUT2D eigenvalue weighted by molar-refractivity contribution is 0.310. The van der Waals surface area contributed by atoms with Gasteiger partial charge < -0.3 is 25.0 Å². The van der Waals surface area contributed by atoms with Crippen molar-refractivity contribution in [3.8, 4) is 11.5 Å². The highest BCUT2D eigenvalue weighted by Gasteiger charge is 2.06. The van der Waals surface area contributed by atoms with Crippen LogP contribution in [0.5, 0.6) is 11.5 Å². The summed E-state index contributed by atoms with van der Waals surface area (Å²) >= 11 is 0. The van der Waals surface area contributed by atoms with Gasteiger partial charge in [-0.25, -0.2) is 9.98 Å². The molecule has 172 valence electrons.